The summed E-state index contributed by atoms with van der Waals surface area (Å²) in [5.41, 5.74) is 3.94. The van der Waals surface area contributed by atoms with E-state index in [9.17, 15) is 15.0 Å². The lowest BCUT2D eigenvalue weighted by molar-refractivity contribution is -0.121. The van der Waals surface area contributed by atoms with Crippen molar-refractivity contribution >= 4 is 22.9 Å². The minimum Gasteiger partial charge on any atom is -0.508 e. The van der Waals surface area contributed by atoms with Gasteiger partial charge < -0.3 is 10.2 Å². The number of carbonyl (C=O) groups excluding carboxylic acids is 1. The maximum absolute atomic E-state index is 11.9. The molecule has 0 bridgehead atoms. The van der Waals surface area contributed by atoms with Crippen molar-refractivity contribution in [2.24, 2.45) is 5.10 Å². The van der Waals surface area contributed by atoms with Gasteiger partial charge in [0.15, 0.2) is 0 Å². The zero-order valence-electron chi connectivity index (χ0n) is 13.5. The Morgan fingerprint density at radius 3 is 2.60 bits per heavy atom. The lowest BCUT2D eigenvalue weighted by Crippen LogP contribution is -2.17. The monoisotopic (exact) mass is 334 g/mol. The summed E-state index contributed by atoms with van der Waals surface area (Å²) in [5.74, 6) is -0.342. The average molecular weight is 334 g/mol. The molecule has 0 atom stereocenters. The number of hydrogen-bond acceptors (Lipinski definition) is 4. The molecule has 0 unspecified atom stereocenters. The lowest BCUT2D eigenvalue weighted by atomic mass is 10.0. The number of aryl methyl sites for hydroxylation is 1. The molecule has 126 valence electrons. The van der Waals surface area contributed by atoms with Gasteiger partial charge in [0.25, 0.3) is 0 Å². The van der Waals surface area contributed by atoms with Crippen molar-refractivity contribution < 1.29 is 15.0 Å². The van der Waals surface area contributed by atoms with Crippen molar-refractivity contribution in [1.82, 2.24) is 5.43 Å². The van der Waals surface area contributed by atoms with E-state index in [1.165, 1.54) is 29.8 Å². The van der Waals surface area contributed by atoms with Crippen molar-refractivity contribution in [1.29, 1.82) is 0 Å². The molecule has 0 aliphatic carbocycles. The van der Waals surface area contributed by atoms with Crippen LogP contribution >= 0.6 is 0 Å². The third-order valence-corrected chi connectivity index (χ3v) is 3.86. The van der Waals surface area contributed by atoms with Crippen LogP contribution < -0.4 is 5.43 Å². The molecule has 0 aromatic heterocycles. The molecule has 5 heteroatoms. The van der Waals surface area contributed by atoms with Gasteiger partial charge in [0.2, 0.25) is 5.91 Å². The van der Waals surface area contributed by atoms with Crippen LogP contribution in [0.4, 0.5) is 0 Å². The Morgan fingerprint density at radius 2 is 1.80 bits per heavy atom. The molecular formula is C20H18N2O3. The maximum atomic E-state index is 11.9. The first kappa shape index (κ1) is 16.5. The molecule has 25 heavy (non-hydrogen) atoms. The molecule has 0 saturated heterocycles. The van der Waals surface area contributed by atoms with Gasteiger partial charge in [0, 0.05) is 18.1 Å². The highest BCUT2D eigenvalue weighted by atomic mass is 16.3. The third-order valence-electron chi connectivity index (χ3n) is 3.86. The highest BCUT2D eigenvalue weighted by Gasteiger charge is 2.03. The van der Waals surface area contributed by atoms with E-state index in [-0.39, 0.29) is 17.4 Å². The molecule has 3 N–H and O–H groups in total. The van der Waals surface area contributed by atoms with Crippen LogP contribution in [0.2, 0.25) is 0 Å². The molecular weight excluding hydrogens is 316 g/mol. The summed E-state index contributed by atoms with van der Waals surface area (Å²) in [4.78, 5) is 11.9. The number of rotatable bonds is 5. The number of phenols is 2. The molecule has 0 heterocycles. The minimum atomic E-state index is -0.206. The quantitative estimate of drug-likeness (QED) is 0.494. The van der Waals surface area contributed by atoms with E-state index >= 15 is 0 Å². The maximum Gasteiger partial charge on any atom is 0.240 e. The van der Waals surface area contributed by atoms with Crippen LogP contribution in [0.15, 0.2) is 65.8 Å². The van der Waals surface area contributed by atoms with Crippen LogP contribution in [0.25, 0.3) is 10.8 Å². The van der Waals surface area contributed by atoms with Gasteiger partial charge in [-0.1, -0.05) is 42.5 Å². The Morgan fingerprint density at radius 1 is 1.00 bits per heavy atom. The number of fused-ring (bicyclic) bond motifs is 1. The molecule has 0 fully saturated rings. The molecule has 0 aliphatic heterocycles. The fraction of sp³-hybridized carbons (Fsp3) is 0.100. The summed E-state index contributed by atoms with van der Waals surface area (Å²) in [6.45, 7) is 0. The van der Waals surface area contributed by atoms with E-state index < -0.39 is 0 Å². The van der Waals surface area contributed by atoms with Gasteiger partial charge in [-0.2, -0.15) is 5.10 Å². The van der Waals surface area contributed by atoms with Gasteiger partial charge in [-0.25, -0.2) is 5.43 Å². The van der Waals surface area contributed by atoms with Crippen molar-refractivity contribution in [2.45, 2.75) is 12.8 Å². The third kappa shape index (κ3) is 4.35. The van der Waals surface area contributed by atoms with Gasteiger partial charge in [0.1, 0.15) is 11.5 Å². The number of phenolic OH excluding ortho intramolecular Hbond substituents is 2. The van der Waals surface area contributed by atoms with E-state index in [0.29, 0.717) is 18.4 Å². The number of hydrogen-bond donors (Lipinski definition) is 3. The minimum absolute atomic E-state index is 0.0333. The summed E-state index contributed by atoms with van der Waals surface area (Å²) in [6, 6.07) is 18.4. The molecule has 3 aromatic carbocycles. The van der Waals surface area contributed by atoms with Crippen LogP contribution in [0, 0.1) is 0 Å². The Hall–Kier alpha value is -3.34. The fourth-order valence-electron chi connectivity index (χ4n) is 2.52. The van der Waals surface area contributed by atoms with E-state index in [2.05, 4.69) is 22.7 Å². The Balaban J connectivity index is 1.54. The Kier molecular flexibility index (Phi) is 4.95. The van der Waals surface area contributed by atoms with Gasteiger partial charge in [-0.15, -0.1) is 0 Å². The molecule has 0 spiro atoms. The van der Waals surface area contributed by atoms with E-state index in [1.807, 2.05) is 30.3 Å². The van der Waals surface area contributed by atoms with Gasteiger partial charge >= 0.3 is 0 Å². The van der Waals surface area contributed by atoms with Crippen LogP contribution in [0.1, 0.15) is 17.5 Å². The smallest absolute Gasteiger partial charge is 0.240 e. The second-order valence-corrected chi connectivity index (χ2v) is 5.72. The number of aromatic hydroxyl groups is 2. The summed E-state index contributed by atoms with van der Waals surface area (Å²) in [5, 5.41) is 25.0. The predicted molar refractivity (Wildman–Crippen MR) is 97.8 cm³/mol. The first-order valence-corrected chi connectivity index (χ1v) is 7.93. The van der Waals surface area contributed by atoms with Crippen molar-refractivity contribution in [3.8, 4) is 11.5 Å². The summed E-state index contributed by atoms with van der Waals surface area (Å²) < 4.78 is 0. The molecule has 1 amide bonds. The first-order valence-electron chi connectivity index (χ1n) is 7.93. The Labute approximate surface area is 145 Å². The lowest BCUT2D eigenvalue weighted by Gasteiger charge is -2.04. The fourth-order valence-corrected chi connectivity index (χ4v) is 2.52. The molecule has 0 saturated carbocycles. The number of benzene rings is 3. The molecule has 3 rings (SSSR count). The topological polar surface area (TPSA) is 81.9 Å². The second-order valence-electron chi connectivity index (χ2n) is 5.72. The SMILES string of the molecule is O=C(CCc1ccc2ccccc2c1)N/N=C\c1ccc(O)cc1O. The highest BCUT2D eigenvalue weighted by molar-refractivity contribution is 5.85. The second kappa shape index (κ2) is 7.49. The first-order chi connectivity index (χ1) is 12.1. The zero-order valence-corrected chi connectivity index (χ0v) is 13.5. The number of nitrogens with one attached hydrogen (secondary N) is 1. The van der Waals surface area contributed by atoms with Gasteiger partial charge in [-0.3, -0.25) is 4.79 Å². The molecule has 3 aromatic rings. The average Bonchev–Trinajstić information content (AvgIpc) is 2.61. The van der Waals surface area contributed by atoms with E-state index in [1.54, 1.807) is 0 Å². The van der Waals surface area contributed by atoms with E-state index in [0.717, 1.165) is 10.9 Å². The molecule has 0 aliphatic rings. The number of amides is 1. The normalized spacial score (nSPS) is 11.0. The van der Waals surface area contributed by atoms with E-state index in [4.69, 9.17) is 0 Å². The number of carbonyl (C=O) groups is 1. The van der Waals surface area contributed by atoms with Crippen LogP contribution in [-0.2, 0) is 11.2 Å². The van der Waals surface area contributed by atoms with Crippen molar-refractivity contribution in [2.75, 3.05) is 0 Å². The highest BCUT2D eigenvalue weighted by Crippen LogP contribution is 2.20. The van der Waals surface area contributed by atoms with Gasteiger partial charge in [-0.05, 0) is 34.9 Å². The van der Waals surface area contributed by atoms with Crippen LogP contribution in [0.3, 0.4) is 0 Å². The summed E-state index contributed by atoms with van der Waals surface area (Å²) >= 11 is 0. The van der Waals surface area contributed by atoms with Crippen molar-refractivity contribution in [3.05, 3.63) is 71.8 Å². The van der Waals surface area contributed by atoms with Crippen LogP contribution in [0.5, 0.6) is 11.5 Å². The standard InChI is InChI=1S/C20H18N2O3/c23-18-9-8-17(19(24)12-18)13-21-22-20(25)10-6-14-5-7-15-3-1-2-4-16(15)11-14/h1-5,7-9,11-13,23-24H,6,10H2,(H,22,25)/b21-13-. The Bertz CT molecular complexity index is 935. The predicted octanol–water partition coefficient (Wildman–Crippen LogP) is 3.33. The summed E-state index contributed by atoms with van der Waals surface area (Å²) in [7, 11) is 0. The number of hydrazone groups is 1. The van der Waals surface area contributed by atoms with Crippen molar-refractivity contribution in [3.63, 3.8) is 0 Å². The van der Waals surface area contributed by atoms with Crippen LogP contribution in [-0.4, -0.2) is 22.3 Å². The molecule has 0 radical (unpaired) electrons. The number of nitrogens with zero attached hydrogens (tertiary/aromatic N) is 1. The summed E-state index contributed by atoms with van der Waals surface area (Å²) in [6.07, 6.45) is 2.27. The largest absolute Gasteiger partial charge is 0.508 e. The zero-order chi connectivity index (χ0) is 17.6. The van der Waals surface area contributed by atoms with Gasteiger partial charge in [0.05, 0.1) is 6.21 Å². The molecule has 5 nitrogen and oxygen atoms in total.